The van der Waals surface area contributed by atoms with Gasteiger partial charge in [0.2, 0.25) is 5.91 Å². The van der Waals surface area contributed by atoms with E-state index in [0.717, 1.165) is 36.8 Å². The summed E-state index contributed by atoms with van der Waals surface area (Å²) in [6, 6.07) is 8.25. The number of nitrogens with one attached hydrogen (secondary N) is 1. The van der Waals surface area contributed by atoms with E-state index in [1.807, 2.05) is 14.0 Å². The maximum absolute atomic E-state index is 12.0. The molecule has 1 aromatic carbocycles. The zero-order valence-corrected chi connectivity index (χ0v) is 14.2. The van der Waals surface area contributed by atoms with Crippen molar-refractivity contribution in [3.8, 4) is 0 Å². The van der Waals surface area contributed by atoms with E-state index in [0.29, 0.717) is 0 Å². The van der Waals surface area contributed by atoms with E-state index >= 15 is 0 Å². The minimum absolute atomic E-state index is 0.0812. The third kappa shape index (κ3) is 6.06. The number of amides is 1. The third-order valence-electron chi connectivity index (χ3n) is 3.54. The van der Waals surface area contributed by atoms with Crippen LogP contribution >= 0.6 is 15.9 Å². The van der Waals surface area contributed by atoms with Crippen molar-refractivity contribution in [3.05, 3.63) is 34.3 Å². The molecule has 1 amide bonds. The van der Waals surface area contributed by atoms with Crippen LogP contribution in [-0.4, -0.2) is 37.0 Å². The monoisotopic (exact) mass is 340 g/mol. The molecule has 0 saturated carbocycles. The Hall–Kier alpha value is -0.870. The Balaban J connectivity index is 2.35. The van der Waals surface area contributed by atoms with Crippen LogP contribution < -0.4 is 5.32 Å². The molecule has 0 bridgehead atoms. The maximum atomic E-state index is 12.0. The summed E-state index contributed by atoms with van der Waals surface area (Å²) in [5.41, 5.74) is 1.29. The van der Waals surface area contributed by atoms with Crippen LogP contribution in [0.15, 0.2) is 28.7 Å². The van der Waals surface area contributed by atoms with Gasteiger partial charge in [0.15, 0.2) is 0 Å². The van der Waals surface area contributed by atoms with Gasteiger partial charge in [0.1, 0.15) is 0 Å². The quantitative estimate of drug-likeness (QED) is 0.737. The highest BCUT2D eigenvalue weighted by molar-refractivity contribution is 9.10. The molecule has 1 unspecified atom stereocenters. The van der Waals surface area contributed by atoms with E-state index < -0.39 is 0 Å². The highest BCUT2D eigenvalue weighted by Gasteiger charge is 2.16. The van der Waals surface area contributed by atoms with E-state index in [4.69, 9.17) is 0 Å². The van der Waals surface area contributed by atoms with Crippen molar-refractivity contribution in [2.24, 2.45) is 0 Å². The molecular weight excluding hydrogens is 316 g/mol. The summed E-state index contributed by atoms with van der Waals surface area (Å²) >= 11 is 3.43. The molecule has 0 aromatic heterocycles. The smallest absolute Gasteiger partial charge is 0.237 e. The number of carbonyl (C=O) groups excluding carboxylic acids is 1. The Labute approximate surface area is 130 Å². The Bertz CT molecular complexity index is 405. The predicted molar refractivity (Wildman–Crippen MR) is 87.9 cm³/mol. The number of hydrogen-bond acceptors (Lipinski definition) is 2. The minimum atomic E-state index is -0.0812. The van der Waals surface area contributed by atoms with Gasteiger partial charge in [0.25, 0.3) is 0 Å². The molecule has 4 heteroatoms. The topological polar surface area (TPSA) is 32.3 Å². The lowest BCUT2D eigenvalue weighted by Crippen LogP contribution is -2.44. The number of unbranched alkanes of at least 4 members (excludes halogenated alkanes) is 1. The SMILES string of the molecule is CCCCNC(=O)C(C)N(C)CCc1ccc(Br)cc1. The van der Waals surface area contributed by atoms with E-state index in [-0.39, 0.29) is 11.9 Å². The van der Waals surface area contributed by atoms with E-state index in [1.165, 1.54) is 5.56 Å². The second kappa shape index (κ2) is 9.14. The van der Waals surface area contributed by atoms with Crippen molar-refractivity contribution in [1.82, 2.24) is 10.2 Å². The van der Waals surface area contributed by atoms with Gasteiger partial charge in [-0.15, -0.1) is 0 Å². The predicted octanol–water partition coefficient (Wildman–Crippen LogP) is 3.23. The summed E-state index contributed by atoms with van der Waals surface area (Å²) in [6.07, 6.45) is 3.10. The fraction of sp³-hybridized carbons (Fsp3) is 0.562. The lowest BCUT2D eigenvalue weighted by atomic mass is 10.1. The number of rotatable bonds is 8. The van der Waals surface area contributed by atoms with Gasteiger partial charge in [-0.05, 0) is 44.5 Å². The van der Waals surface area contributed by atoms with Gasteiger partial charge >= 0.3 is 0 Å². The first kappa shape index (κ1) is 17.2. The van der Waals surface area contributed by atoms with Crippen molar-refractivity contribution in [2.75, 3.05) is 20.1 Å². The molecule has 0 spiro atoms. The molecule has 1 N–H and O–H groups in total. The first-order valence-corrected chi connectivity index (χ1v) is 8.06. The van der Waals surface area contributed by atoms with Crippen LogP contribution in [0.2, 0.25) is 0 Å². The van der Waals surface area contributed by atoms with Gasteiger partial charge in [0, 0.05) is 17.6 Å². The Morgan fingerprint density at radius 1 is 1.35 bits per heavy atom. The van der Waals surface area contributed by atoms with Crippen LogP contribution in [0, 0.1) is 0 Å². The fourth-order valence-corrected chi connectivity index (χ4v) is 2.15. The van der Waals surface area contributed by atoms with Crippen LogP contribution in [0.3, 0.4) is 0 Å². The van der Waals surface area contributed by atoms with Gasteiger partial charge in [0.05, 0.1) is 6.04 Å². The zero-order valence-electron chi connectivity index (χ0n) is 12.7. The summed E-state index contributed by atoms with van der Waals surface area (Å²) in [7, 11) is 2.00. The van der Waals surface area contributed by atoms with Crippen molar-refractivity contribution in [1.29, 1.82) is 0 Å². The lowest BCUT2D eigenvalue weighted by Gasteiger charge is -2.23. The van der Waals surface area contributed by atoms with Crippen LogP contribution in [0.25, 0.3) is 0 Å². The van der Waals surface area contributed by atoms with E-state index in [9.17, 15) is 4.79 Å². The summed E-state index contributed by atoms with van der Waals surface area (Å²) in [5, 5.41) is 2.98. The van der Waals surface area contributed by atoms with E-state index in [1.54, 1.807) is 0 Å². The minimum Gasteiger partial charge on any atom is -0.355 e. The summed E-state index contributed by atoms with van der Waals surface area (Å²) < 4.78 is 1.10. The normalized spacial score (nSPS) is 12.4. The molecule has 0 aliphatic heterocycles. The third-order valence-corrected chi connectivity index (χ3v) is 4.07. The molecule has 112 valence electrons. The van der Waals surface area contributed by atoms with Crippen molar-refractivity contribution in [2.45, 2.75) is 39.2 Å². The largest absolute Gasteiger partial charge is 0.355 e. The van der Waals surface area contributed by atoms with Crippen LogP contribution in [0.5, 0.6) is 0 Å². The summed E-state index contributed by atoms with van der Waals surface area (Å²) in [5.74, 6) is 0.122. The second-order valence-electron chi connectivity index (χ2n) is 5.18. The molecule has 20 heavy (non-hydrogen) atoms. The highest BCUT2D eigenvalue weighted by Crippen LogP contribution is 2.11. The standard InChI is InChI=1S/C16H25BrN2O/c1-4-5-11-18-16(20)13(2)19(3)12-10-14-6-8-15(17)9-7-14/h6-9,13H,4-5,10-12H2,1-3H3,(H,18,20). The fourth-order valence-electron chi connectivity index (χ4n) is 1.89. The van der Waals surface area contributed by atoms with Crippen molar-refractivity contribution < 1.29 is 4.79 Å². The number of benzene rings is 1. The van der Waals surface area contributed by atoms with Gasteiger partial charge in [-0.1, -0.05) is 41.4 Å². The van der Waals surface area contributed by atoms with Crippen molar-refractivity contribution >= 4 is 21.8 Å². The van der Waals surface area contributed by atoms with Crippen LogP contribution in [-0.2, 0) is 11.2 Å². The maximum Gasteiger partial charge on any atom is 0.237 e. The molecule has 0 aliphatic rings. The highest BCUT2D eigenvalue weighted by atomic mass is 79.9. The molecule has 0 fully saturated rings. The molecule has 1 aromatic rings. The average molecular weight is 341 g/mol. The molecule has 1 rings (SSSR count). The number of carbonyl (C=O) groups is 1. The van der Waals surface area contributed by atoms with Gasteiger partial charge in [-0.2, -0.15) is 0 Å². The van der Waals surface area contributed by atoms with Gasteiger partial charge < -0.3 is 5.32 Å². The first-order chi connectivity index (χ1) is 9.54. The Morgan fingerprint density at radius 3 is 2.60 bits per heavy atom. The molecule has 0 aliphatic carbocycles. The molecule has 3 nitrogen and oxygen atoms in total. The number of nitrogens with zero attached hydrogens (tertiary/aromatic N) is 1. The summed E-state index contributed by atoms with van der Waals surface area (Å²) in [6.45, 7) is 5.74. The molecule has 0 radical (unpaired) electrons. The average Bonchev–Trinajstić information content (AvgIpc) is 2.45. The molecule has 0 saturated heterocycles. The number of hydrogen-bond donors (Lipinski definition) is 1. The van der Waals surface area contributed by atoms with E-state index in [2.05, 4.69) is 57.3 Å². The molecule has 0 heterocycles. The molecular formula is C16H25BrN2O. The first-order valence-electron chi connectivity index (χ1n) is 7.27. The number of halogens is 1. The van der Waals surface area contributed by atoms with Crippen LogP contribution in [0.1, 0.15) is 32.3 Å². The molecule has 1 atom stereocenters. The van der Waals surface area contributed by atoms with Gasteiger partial charge in [-0.25, -0.2) is 0 Å². The Kier molecular flexibility index (Phi) is 7.85. The van der Waals surface area contributed by atoms with Gasteiger partial charge in [-0.3, -0.25) is 9.69 Å². The Morgan fingerprint density at radius 2 is 2.00 bits per heavy atom. The van der Waals surface area contributed by atoms with Crippen LogP contribution in [0.4, 0.5) is 0 Å². The van der Waals surface area contributed by atoms with Crippen molar-refractivity contribution in [3.63, 3.8) is 0 Å². The lowest BCUT2D eigenvalue weighted by molar-refractivity contribution is -0.125. The zero-order chi connectivity index (χ0) is 15.0. The summed E-state index contributed by atoms with van der Waals surface area (Å²) in [4.78, 5) is 14.1. The number of likely N-dealkylation sites (N-methyl/N-ethyl adjacent to an activating group) is 1. The second-order valence-corrected chi connectivity index (χ2v) is 6.09.